The van der Waals surface area contributed by atoms with Crippen molar-refractivity contribution in [1.82, 2.24) is 9.80 Å². The number of piperidine rings is 1. The number of hydrogen-bond acceptors (Lipinski definition) is 6. The average Bonchev–Trinajstić information content (AvgIpc) is 3.74. The standard InChI is InChI=1S/C38H52N2O4/c1-26(2)24-39(21-10-5-4-7-11-28-12-8-6-9-13-28)31-18-19-38(42)33-23-30-16-17-32(43-27(3)41)35-34(30)37(38,36(31)44-35)20-22-40(33)25-29-14-15-29/h6,8-9,12-13,16-17,26,29,31,33,36,42H,4-5,7,10-11,14-15,18-25H2,1-3H3/t31-,33+,36-,37-,38+/m0/s1. The van der Waals surface area contributed by atoms with Crippen LogP contribution in [0, 0.1) is 11.8 Å². The van der Waals surface area contributed by atoms with Crippen molar-refractivity contribution in [2.75, 3.05) is 26.2 Å². The fraction of sp³-hybridized carbons (Fsp3) is 0.658. The molecular weight excluding hydrogens is 548 g/mol. The van der Waals surface area contributed by atoms with E-state index in [-0.39, 0.29) is 24.2 Å². The van der Waals surface area contributed by atoms with Gasteiger partial charge >= 0.3 is 5.97 Å². The fourth-order valence-corrected chi connectivity index (χ4v) is 9.56. The molecule has 0 amide bonds. The lowest BCUT2D eigenvalue weighted by atomic mass is 9.48. The summed E-state index contributed by atoms with van der Waals surface area (Å²) in [5.41, 5.74) is 2.56. The van der Waals surface area contributed by atoms with E-state index in [0.29, 0.717) is 11.7 Å². The Morgan fingerprint density at radius 3 is 2.61 bits per heavy atom. The second-order valence-corrected chi connectivity index (χ2v) is 15.0. The van der Waals surface area contributed by atoms with Crippen LogP contribution in [-0.2, 0) is 23.1 Å². The minimum absolute atomic E-state index is 0.116. The second-order valence-electron chi connectivity index (χ2n) is 15.0. The minimum Gasteiger partial charge on any atom is -0.483 e. The maximum atomic E-state index is 13.0. The number of hydrogen-bond donors (Lipinski definition) is 1. The summed E-state index contributed by atoms with van der Waals surface area (Å²) >= 11 is 0. The monoisotopic (exact) mass is 600 g/mol. The van der Waals surface area contributed by atoms with Crippen molar-refractivity contribution in [2.24, 2.45) is 11.8 Å². The molecule has 0 radical (unpaired) electrons. The molecule has 2 aliphatic heterocycles. The number of nitrogens with zero attached hydrogens (tertiary/aromatic N) is 2. The lowest BCUT2D eigenvalue weighted by molar-refractivity contribution is -0.201. The van der Waals surface area contributed by atoms with Crippen LogP contribution in [0.2, 0.25) is 0 Å². The van der Waals surface area contributed by atoms with E-state index < -0.39 is 11.0 Å². The zero-order valence-corrected chi connectivity index (χ0v) is 27.1. The lowest BCUT2D eigenvalue weighted by Crippen LogP contribution is -2.78. The minimum atomic E-state index is -0.838. The van der Waals surface area contributed by atoms with E-state index in [1.807, 2.05) is 6.07 Å². The zero-order chi connectivity index (χ0) is 30.5. The molecule has 6 nitrogen and oxygen atoms in total. The molecule has 7 rings (SSSR count). The lowest BCUT2D eigenvalue weighted by Gasteiger charge is -2.65. The molecule has 3 aliphatic carbocycles. The Kier molecular flexibility index (Phi) is 8.30. The molecule has 2 bridgehead atoms. The van der Waals surface area contributed by atoms with Crippen LogP contribution < -0.4 is 9.47 Å². The number of ether oxygens (including phenoxy) is 2. The predicted octanol–water partition coefficient (Wildman–Crippen LogP) is 6.31. The molecule has 5 aliphatic rings. The molecule has 1 spiro atoms. The number of aliphatic hydroxyl groups is 1. The molecule has 1 N–H and O–H groups in total. The first-order valence-electron chi connectivity index (χ1n) is 17.6. The highest BCUT2D eigenvalue weighted by Gasteiger charge is 2.73. The van der Waals surface area contributed by atoms with Gasteiger partial charge in [0.05, 0.1) is 11.0 Å². The van der Waals surface area contributed by atoms with E-state index in [0.717, 1.165) is 75.5 Å². The van der Waals surface area contributed by atoms with E-state index in [4.69, 9.17) is 9.47 Å². The van der Waals surface area contributed by atoms with Crippen LogP contribution >= 0.6 is 0 Å². The third-order valence-electron chi connectivity index (χ3n) is 11.5. The van der Waals surface area contributed by atoms with Crippen molar-refractivity contribution < 1.29 is 19.4 Å². The number of unbranched alkanes of at least 4 members (excludes halogenated alkanes) is 3. The summed E-state index contributed by atoms with van der Waals surface area (Å²) in [4.78, 5) is 17.5. The van der Waals surface area contributed by atoms with Gasteiger partial charge in [-0.05, 0) is 99.9 Å². The van der Waals surface area contributed by atoms with Crippen LogP contribution in [0.3, 0.4) is 0 Å². The molecule has 0 aromatic heterocycles. The molecule has 2 aromatic carbocycles. The number of aryl methyl sites for hydroxylation is 1. The SMILES string of the molecule is CC(=O)Oc1ccc2c3c1O[C@H]1[C@@H](N(CCCCCCc4ccccc4)CC(C)C)CC[C@@]4(O)[C@@H](C2)N(CC2CC2)CC[C@]314. The van der Waals surface area contributed by atoms with Gasteiger partial charge in [0.2, 0.25) is 0 Å². The first-order valence-corrected chi connectivity index (χ1v) is 17.6. The Balaban J connectivity index is 1.15. The maximum absolute atomic E-state index is 13.0. The summed E-state index contributed by atoms with van der Waals surface area (Å²) in [6.07, 6.45) is 12.0. The Morgan fingerprint density at radius 1 is 1.07 bits per heavy atom. The average molecular weight is 601 g/mol. The van der Waals surface area contributed by atoms with Crippen LogP contribution in [0.25, 0.3) is 0 Å². The second kappa shape index (κ2) is 12.1. The van der Waals surface area contributed by atoms with Crippen molar-refractivity contribution in [2.45, 2.75) is 121 Å². The molecule has 1 saturated heterocycles. The quantitative estimate of drug-likeness (QED) is 0.165. The number of likely N-dealkylation sites (tertiary alicyclic amines) is 1. The highest BCUT2D eigenvalue weighted by atomic mass is 16.6. The molecule has 6 heteroatoms. The predicted molar refractivity (Wildman–Crippen MR) is 173 cm³/mol. The first kappa shape index (κ1) is 30.3. The molecule has 238 valence electrons. The third kappa shape index (κ3) is 5.29. The molecule has 5 atom stereocenters. The number of benzene rings is 2. The molecule has 0 unspecified atom stereocenters. The van der Waals surface area contributed by atoms with Crippen LogP contribution in [-0.4, -0.2) is 70.8 Å². The Bertz CT molecular complexity index is 1340. The van der Waals surface area contributed by atoms with Crippen LogP contribution in [0.4, 0.5) is 0 Å². The van der Waals surface area contributed by atoms with Gasteiger partial charge in [-0.1, -0.05) is 63.1 Å². The van der Waals surface area contributed by atoms with E-state index >= 15 is 0 Å². The van der Waals surface area contributed by atoms with Gasteiger partial charge in [-0.3, -0.25) is 14.6 Å². The number of rotatable bonds is 13. The molecule has 3 fully saturated rings. The van der Waals surface area contributed by atoms with Gasteiger partial charge in [0.15, 0.2) is 11.5 Å². The van der Waals surface area contributed by atoms with E-state index in [2.05, 4.69) is 60.0 Å². The Labute approximate surface area is 264 Å². The van der Waals surface area contributed by atoms with Crippen molar-refractivity contribution in [3.05, 3.63) is 59.2 Å². The highest BCUT2D eigenvalue weighted by molar-refractivity contribution is 5.72. The van der Waals surface area contributed by atoms with Gasteiger partial charge < -0.3 is 14.6 Å². The van der Waals surface area contributed by atoms with Gasteiger partial charge in [-0.2, -0.15) is 0 Å². The van der Waals surface area contributed by atoms with Crippen molar-refractivity contribution in [1.29, 1.82) is 0 Å². The van der Waals surface area contributed by atoms with Crippen molar-refractivity contribution >= 4 is 5.97 Å². The summed E-state index contributed by atoms with van der Waals surface area (Å²) in [5, 5.41) is 13.0. The Hall–Kier alpha value is -2.41. The molecule has 44 heavy (non-hydrogen) atoms. The summed E-state index contributed by atoms with van der Waals surface area (Å²) in [6.45, 7) is 10.3. The number of carbonyl (C=O) groups excluding carboxylic acids is 1. The van der Waals surface area contributed by atoms with Crippen LogP contribution in [0.5, 0.6) is 11.5 Å². The highest BCUT2D eigenvalue weighted by Crippen LogP contribution is 2.66. The van der Waals surface area contributed by atoms with Gasteiger partial charge in [0.1, 0.15) is 6.10 Å². The van der Waals surface area contributed by atoms with Crippen LogP contribution in [0.1, 0.15) is 95.2 Å². The smallest absolute Gasteiger partial charge is 0.308 e. The van der Waals surface area contributed by atoms with Gasteiger partial charge in [0, 0.05) is 37.7 Å². The van der Waals surface area contributed by atoms with E-state index in [9.17, 15) is 9.90 Å². The third-order valence-corrected chi connectivity index (χ3v) is 11.5. The number of esters is 1. The maximum Gasteiger partial charge on any atom is 0.308 e. The largest absolute Gasteiger partial charge is 0.483 e. The van der Waals surface area contributed by atoms with E-state index in [1.165, 1.54) is 56.6 Å². The fourth-order valence-electron chi connectivity index (χ4n) is 9.56. The van der Waals surface area contributed by atoms with Crippen molar-refractivity contribution in [3.63, 3.8) is 0 Å². The van der Waals surface area contributed by atoms with Gasteiger partial charge in [-0.15, -0.1) is 0 Å². The van der Waals surface area contributed by atoms with Gasteiger partial charge in [0.25, 0.3) is 0 Å². The summed E-state index contributed by atoms with van der Waals surface area (Å²) in [6, 6.07) is 15.3. The Morgan fingerprint density at radius 2 is 1.86 bits per heavy atom. The van der Waals surface area contributed by atoms with Crippen LogP contribution in [0.15, 0.2) is 42.5 Å². The summed E-state index contributed by atoms with van der Waals surface area (Å²) in [7, 11) is 0. The zero-order valence-electron chi connectivity index (χ0n) is 27.1. The molecule has 2 aromatic rings. The molecule has 2 saturated carbocycles. The van der Waals surface area contributed by atoms with E-state index in [1.54, 1.807) is 0 Å². The summed E-state index contributed by atoms with van der Waals surface area (Å²) < 4.78 is 12.8. The summed E-state index contributed by atoms with van der Waals surface area (Å²) in [5.74, 6) is 2.26. The topological polar surface area (TPSA) is 62.2 Å². The molecule has 2 heterocycles. The molecular formula is C38H52N2O4. The van der Waals surface area contributed by atoms with Gasteiger partial charge in [-0.25, -0.2) is 0 Å². The normalized spacial score (nSPS) is 30.4. The number of carbonyl (C=O) groups is 1. The van der Waals surface area contributed by atoms with Crippen molar-refractivity contribution in [3.8, 4) is 11.5 Å². The first-order chi connectivity index (χ1) is 21.3.